The van der Waals surface area contributed by atoms with Gasteiger partial charge in [0.05, 0.1) is 33.8 Å². The largest absolute Gasteiger partial charge is 0.309 e. The van der Waals surface area contributed by atoms with Gasteiger partial charge in [-0.25, -0.2) is 0 Å². The van der Waals surface area contributed by atoms with Crippen LogP contribution >= 0.6 is 11.3 Å². The molecule has 0 unspecified atom stereocenters. The summed E-state index contributed by atoms with van der Waals surface area (Å²) in [5.41, 5.74) is 12.9. The fourth-order valence-corrected chi connectivity index (χ4v) is 13.0. The second-order valence-corrected chi connectivity index (χ2v) is 19.9. The minimum Gasteiger partial charge on any atom is -0.309 e. The second-order valence-electron chi connectivity index (χ2n) is 18.8. The van der Waals surface area contributed by atoms with Crippen LogP contribution in [0.25, 0.3) is 124 Å². The summed E-state index contributed by atoms with van der Waals surface area (Å²) in [5, 5.41) is 17.6. The molecule has 326 valence electrons. The Morgan fingerprint density at radius 2 is 0.971 bits per heavy atom. The van der Waals surface area contributed by atoms with Gasteiger partial charge < -0.3 is 9.47 Å². The maximum Gasteiger partial charge on any atom is 0.0562 e. The normalized spacial score (nSPS) is 12.1. The van der Waals surface area contributed by atoms with Crippen LogP contribution in [0.1, 0.15) is 5.56 Å². The Hall–Kier alpha value is -8.76. The van der Waals surface area contributed by atoms with E-state index in [4.69, 9.17) is 0 Å². The van der Waals surface area contributed by atoms with Crippen molar-refractivity contribution in [1.82, 2.24) is 4.57 Å². The standard InChI is InChI=1S/C67H42N2S/c1-41-28-34-48(46-33-37-64-56(40-46)52-21-8-11-27-63(52)70-64)62(38-41)69-58-24-10-7-22-53(58)67-60(25-13-26-61(67)69)68(59-36-32-44-30-29-42-15-12-16-43-31-35-54(59)66(44)65(42)43)57-23-9-6-20-51(57)55-39-45-14-2-3-17-47(45)49-18-4-5-19-50(49)55/h2-40H,1H3. The molecule has 2 heterocycles. The molecule has 70 heavy (non-hydrogen) atoms. The van der Waals surface area contributed by atoms with E-state index in [0.717, 1.165) is 22.6 Å². The van der Waals surface area contributed by atoms with Crippen molar-refractivity contribution in [3.63, 3.8) is 0 Å². The molecular weight excluding hydrogens is 865 g/mol. The number of fused-ring (bicyclic) bond motifs is 9. The summed E-state index contributed by atoms with van der Waals surface area (Å²) >= 11 is 1.87. The van der Waals surface area contributed by atoms with Crippen molar-refractivity contribution >= 4 is 124 Å². The Morgan fingerprint density at radius 1 is 0.329 bits per heavy atom. The van der Waals surface area contributed by atoms with Gasteiger partial charge in [0.2, 0.25) is 0 Å². The molecule has 0 fully saturated rings. The highest BCUT2D eigenvalue weighted by Gasteiger charge is 2.27. The van der Waals surface area contributed by atoms with Crippen LogP contribution in [-0.4, -0.2) is 4.57 Å². The van der Waals surface area contributed by atoms with Crippen LogP contribution in [0.3, 0.4) is 0 Å². The summed E-state index contributed by atoms with van der Waals surface area (Å²) in [6.45, 7) is 2.21. The zero-order valence-electron chi connectivity index (χ0n) is 38.3. The van der Waals surface area contributed by atoms with E-state index in [2.05, 4.69) is 253 Å². The van der Waals surface area contributed by atoms with Gasteiger partial charge in [0.15, 0.2) is 0 Å². The van der Waals surface area contributed by atoms with Crippen molar-refractivity contribution in [1.29, 1.82) is 0 Å². The molecule has 0 N–H and O–H groups in total. The highest BCUT2D eigenvalue weighted by atomic mass is 32.1. The molecule has 15 aromatic rings. The molecule has 0 bridgehead atoms. The number of thiophene rings is 1. The van der Waals surface area contributed by atoms with Crippen LogP contribution in [-0.2, 0) is 0 Å². The van der Waals surface area contributed by atoms with Crippen molar-refractivity contribution in [2.45, 2.75) is 6.92 Å². The summed E-state index contributed by atoms with van der Waals surface area (Å²) in [7, 11) is 0. The van der Waals surface area contributed by atoms with E-state index >= 15 is 0 Å². The Kier molecular flexibility index (Phi) is 8.48. The molecule has 0 radical (unpaired) electrons. The van der Waals surface area contributed by atoms with Gasteiger partial charge in [-0.1, -0.05) is 176 Å². The minimum absolute atomic E-state index is 1.12. The number of anilines is 3. The summed E-state index contributed by atoms with van der Waals surface area (Å²) in [4.78, 5) is 2.58. The van der Waals surface area contributed by atoms with E-state index in [1.807, 2.05) is 11.3 Å². The number of hydrogen-bond donors (Lipinski definition) is 0. The molecule has 0 atom stereocenters. The van der Waals surface area contributed by atoms with Crippen molar-refractivity contribution in [2.75, 3.05) is 4.90 Å². The first-order valence-corrected chi connectivity index (χ1v) is 25.0. The average molecular weight is 907 g/mol. The zero-order chi connectivity index (χ0) is 46.0. The fraction of sp³-hybridized carbons (Fsp3) is 0.0149. The van der Waals surface area contributed by atoms with Gasteiger partial charge in [-0.15, -0.1) is 11.3 Å². The van der Waals surface area contributed by atoms with E-state index in [0.29, 0.717) is 0 Å². The average Bonchev–Trinajstić information content (AvgIpc) is 3.96. The quantitative estimate of drug-likeness (QED) is 0.151. The van der Waals surface area contributed by atoms with Gasteiger partial charge >= 0.3 is 0 Å². The van der Waals surface area contributed by atoms with Crippen molar-refractivity contribution in [3.05, 3.63) is 242 Å². The summed E-state index contributed by atoms with van der Waals surface area (Å²) in [6.07, 6.45) is 0. The van der Waals surface area contributed by atoms with Gasteiger partial charge in [0, 0.05) is 47.5 Å². The molecule has 0 amide bonds. The third-order valence-corrected chi connectivity index (χ3v) is 16.1. The molecule has 0 aliphatic carbocycles. The Labute approximate surface area is 408 Å². The number of hydrogen-bond acceptors (Lipinski definition) is 2. The lowest BCUT2D eigenvalue weighted by Crippen LogP contribution is -2.12. The monoisotopic (exact) mass is 906 g/mol. The van der Waals surface area contributed by atoms with Crippen LogP contribution in [0.15, 0.2) is 237 Å². The molecule has 13 aromatic carbocycles. The highest BCUT2D eigenvalue weighted by Crippen LogP contribution is 2.51. The summed E-state index contributed by atoms with van der Waals surface area (Å²) in [6, 6.07) is 88.6. The number of para-hydroxylation sites is 2. The summed E-state index contributed by atoms with van der Waals surface area (Å²) < 4.78 is 5.15. The third-order valence-electron chi connectivity index (χ3n) is 14.9. The number of aromatic nitrogens is 1. The van der Waals surface area contributed by atoms with Crippen LogP contribution in [0.4, 0.5) is 17.1 Å². The number of benzene rings is 13. The van der Waals surface area contributed by atoms with E-state index in [9.17, 15) is 0 Å². The predicted octanol–water partition coefficient (Wildman–Crippen LogP) is 19.5. The van der Waals surface area contributed by atoms with Crippen LogP contribution in [0.2, 0.25) is 0 Å². The summed E-state index contributed by atoms with van der Waals surface area (Å²) in [5.74, 6) is 0. The van der Waals surface area contributed by atoms with Crippen molar-refractivity contribution < 1.29 is 0 Å². The molecule has 2 aromatic heterocycles. The van der Waals surface area contributed by atoms with Gasteiger partial charge in [-0.05, 0) is 133 Å². The van der Waals surface area contributed by atoms with E-state index < -0.39 is 0 Å². The number of aryl methyl sites for hydroxylation is 1. The zero-order valence-corrected chi connectivity index (χ0v) is 39.1. The lowest BCUT2D eigenvalue weighted by molar-refractivity contribution is 1.17. The first-order chi connectivity index (χ1) is 34.6. The van der Waals surface area contributed by atoms with E-state index in [1.54, 1.807) is 0 Å². The smallest absolute Gasteiger partial charge is 0.0562 e. The number of rotatable bonds is 6. The highest BCUT2D eigenvalue weighted by molar-refractivity contribution is 7.25. The SMILES string of the molecule is Cc1ccc(-c2ccc3sc4ccccc4c3c2)c(-n2c3ccccc3c3c(N(c4ccccc4-c4cc5ccccc5c5ccccc45)c4ccc5ccc6cccc7ccc4c5c67)cccc32)c1. The number of nitrogens with zero attached hydrogens (tertiary/aromatic N) is 2. The maximum absolute atomic E-state index is 2.58. The Bertz CT molecular complexity index is 4610. The van der Waals surface area contributed by atoms with Crippen LogP contribution in [0.5, 0.6) is 0 Å². The Morgan fingerprint density at radius 3 is 1.86 bits per heavy atom. The minimum atomic E-state index is 1.12. The lowest BCUT2D eigenvalue weighted by Gasteiger charge is -2.30. The van der Waals surface area contributed by atoms with Crippen molar-refractivity contribution in [3.8, 4) is 27.9 Å². The molecule has 0 saturated carbocycles. The molecular formula is C67H42N2S. The topological polar surface area (TPSA) is 8.17 Å². The van der Waals surface area contributed by atoms with Gasteiger partial charge in [-0.2, -0.15) is 0 Å². The maximum atomic E-state index is 2.58. The van der Waals surface area contributed by atoms with Gasteiger partial charge in [0.25, 0.3) is 0 Å². The molecule has 2 nitrogen and oxygen atoms in total. The second kappa shape index (κ2) is 15.1. The predicted molar refractivity (Wildman–Crippen MR) is 303 cm³/mol. The molecule has 0 aliphatic rings. The van der Waals surface area contributed by atoms with Gasteiger partial charge in [0.1, 0.15) is 0 Å². The fourth-order valence-electron chi connectivity index (χ4n) is 11.9. The first-order valence-electron chi connectivity index (χ1n) is 24.2. The first kappa shape index (κ1) is 39.3. The Balaban J connectivity index is 1.04. The molecule has 0 aliphatic heterocycles. The van der Waals surface area contributed by atoms with Crippen LogP contribution in [0, 0.1) is 6.92 Å². The molecule has 0 saturated heterocycles. The molecule has 15 rings (SSSR count). The van der Waals surface area contributed by atoms with E-state index in [-0.39, 0.29) is 0 Å². The molecule has 0 spiro atoms. The van der Waals surface area contributed by atoms with E-state index in [1.165, 1.54) is 124 Å². The van der Waals surface area contributed by atoms with Crippen molar-refractivity contribution in [2.24, 2.45) is 0 Å². The third kappa shape index (κ3) is 5.73. The van der Waals surface area contributed by atoms with Crippen LogP contribution < -0.4 is 4.90 Å². The molecule has 3 heteroatoms. The lowest BCUT2D eigenvalue weighted by atomic mass is 9.91. The van der Waals surface area contributed by atoms with Gasteiger partial charge in [-0.3, -0.25) is 0 Å².